The van der Waals surface area contributed by atoms with Gasteiger partial charge in [-0.25, -0.2) is 9.48 Å². The van der Waals surface area contributed by atoms with Gasteiger partial charge in [0.1, 0.15) is 15.8 Å². The summed E-state index contributed by atoms with van der Waals surface area (Å²) in [5, 5.41) is 11.6. The quantitative estimate of drug-likeness (QED) is 0.326. The van der Waals surface area contributed by atoms with Crippen molar-refractivity contribution in [3.8, 4) is 0 Å². The molecule has 4 heterocycles. The van der Waals surface area contributed by atoms with E-state index in [0.29, 0.717) is 22.9 Å². The van der Waals surface area contributed by atoms with E-state index >= 15 is 0 Å². The van der Waals surface area contributed by atoms with Crippen molar-refractivity contribution in [2.75, 3.05) is 17.2 Å². The van der Waals surface area contributed by atoms with Gasteiger partial charge in [0.2, 0.25) is 0 Å². The first-order valence-electron chi connectivity index (χ1n) is 11.9. The highest BCUT2D eigenvalue weighted by Gasteiger charge is 2.48. The minimum Gasteiger partial charge on any atom is -0.462 e. The number of ether oxygens (including phenoxy) is 1. The number of carbonyl (C=O) groups is 2. The predicted molar refractivity (Wildman–Crippen MR) is 137 cm³/mol. The van der Waals surface area contributed by atoms with Crippen LogP contribution in [0.2, 0.25) is 5.02 Å². The normalized spacial score (nSPS) is 21.1. The van der Waals surface area contributed by atoms with Crippen LogP contribution in [0.4, 0.5) is 24.0 Å². The maximum absolute atomic E-state index is 14.0. The molecule has 2 N–H and O–H groups in total. The Morgan fingerprint density at radius 3 is 2.84 bits per heavy atom. The molecule has 5 rings (SSSR count). The molecule has 3 atom stereocenters. The molecule has 0 unspecified atom stereocenters. The van der Waals surface area contributed by atoms with Crippen LogP contribution in [-0.2, 0) is 17.6 Å². The van der Waals surface area contributed by atoms with E-state index in [-0.39, 0.29) is 29.6 Å². The maximum Gasteiger partial charge on any atom is 0.410 e. The van der Waals surface area contributed by atoms with Gasteiger partial charge in [0.05, 0.1) is 18.2 Å². The largest absolute Gasteiger partial charge is 0.462 e. The van der Waals surface area contributed by atoms with Crippen molar-refractivity contribution in [3.63, 3.8) is 0 Å². The second kappa shape index (κ2) is 9.95. The summed E-state index contributed by atoms with van der Waals surface area (Å²) in [7, 11) is 0. The van der Waals surface area contributed by atoms with E-state index in [4.69, 9.17) is 16.3 Å². The average molecular weight is 573 g/mol. The number of carbonyl (C=O) groups excluding carboxylic acids is 2. The molecule has 3 aromatic heterocycles. The van der Waals surface area contributed by atoms with Crippen molar-refractivity contribution in [1.82, 2.24) is 9.78 Å². The molecule has 1 aliphatic heterocycles. The Balaban J connectivity index is 1.50. The lowest BCUT2D eigenvalue weighted by Gasteiger charge is -2.32. The Morgan fingerprint density at radius 1 is 1.38 bits per heavy atom. The number of alkyl halides is 3. The van der Waals surface area contributed by atoms with E-state index in [1.807, 2.05) is 0 Å². The highest BCUT2D eigenvalue weighted by atomic mass is 35.5. The second-order valence-electron chi connectivity index (χ2n) is 9.19. The van der Waals surface area contributed by atoms with Gasteiger partial charge in [-0.15, -0.1) is 22.7 Å². The Hall–Kier alpha value is -2.57. The number of hydrogen-bond acceptors (Lipinski definition) is 7. The van der Waals surface area contributed by atoms with E-state index in [1.165, 1.54) is 22.7 Å². The van der Waals surface area contributed by atoms with Gasteiger partial charge in [-0.3, -0.25) is 4.79 Å². The lowest BCUT2D eigenvalue weighted by Crippen LogP contribution is -2.35. The highest BCUT2D eigenvalue weighted by molar-refractivity contribution is 7.17. The number of amides is 1. The molecule has 37 heavy (non-hydrogen) atoms. The third-order valence-electron chi connectivity index (χ3n) is 6.62. The van der Waals surface area contributed by atoms with E-state index in [1.54, 1.807) is 24.4 Å². The molecule has 0 aromatic carbocycles. The molecule has 1 aliphatic carbocycles. The molecule has 1 amide bonds. The molecule has 2 aliphatic rings. The number of fused-ring (bicyclic) bond motifs is 2. The van der Waals surface area contributed by atoms with E-state index in [0.717, 1.165) is 32.8 Å². The number of rotatable bonds is 5. The van der Waals surface area contributed by atoms with Crippen molar-refractivity contribution < 1.29 is 27.5 Å². The summed E-state index contributed by atoms with van der Waals surface area (Å²) in [4.78, 5) is 27.8. The molecule has 0 fully saturated rings. The van der Waals surface area contributed by atoms with Crippen LogP contribution in [0.15, 0.2) is 17.5 Å². The van der Waals surface area contributed by atoms with Crippen molar-refractivity contribution in [3.05, 3.63) is 49.1 Å². The number of esters is 1. The Kier molecular flexibility index (Phi) is 7.01. The summed E-state index contributed by atoms with van der Waals surface area (Å²) < 4.78 is 48.0. The highest BCUT2D eigenvalue weighted by Crippen LogP contribution is 2.47. The molecule has 0 spiro atoms. The average Bonchev–Trinajstić information content (AvgIpc) is 3.55. The van der Waals surface area contributed by atoms with Gasteiger partial charge in [0, 0.05) is 16.2 Å². The van der Waals surface area contributed by atoms with Crippen LogP contribution in [0.1, 0.15) is 74.9 Å². The fourth-order valence-corrected chi connectivity index (χ4v) is 7.28. The van der Waals surface area contributed by atoms with E-state index in [2.05, 4.69) is 22.7 Å². The van der Waals surface area contributed by atoms with E-state index in [9.17, 15) is 22.8 Å². The SMILES string of the molecule is CCOC(=O)c1c(NC(=O)c2nn3c(c2Cl)N[C@H](c2cccs2)C[C@@H]3C(F)(F)F)sc2c1CC[C@H](C)C2. The molecular formula is C24H24ClF3N4O3S2. The van der Waals surface area contributed by atoms with Crippen LogP contribution in [0.25, 0.3) is 0 Å². The lowest BCUT2D eigenvalue weighted by atomic mass is 9.88. The summed E-state index contributed by atoms with van der Waals surface area (Å²) in [5.41, 5.74) is 0.802. The minimum atomic E-state index is -4.60. The van der Waals surface area contributed by atoms with Gasteiger partial charge in [0.25, 0.3) is 5.91 Å². The van der Waals surface area contributed by atoms with Crippen molar-refractivity contribution in [2.24, 2.45) is 5.92 Å². The number of aromatic nitrogens is 2. The van der Waals surface area contributed by atoms with Crippen LogP contribution in [0, 0.1) is 5.92 Å². The standard InChI is InChI=1S/C24H24ClF3N4O3S2/c1-3-35-23(34)17-12-7-6-11(2)9-15(12)37-22(17)30-21(33)19-18(25)20-29-13(14-5-4-8-36-14)10-16(24(26,27)28)32(20)31-19/h4-5,8,11,13,16,29H,3,6-7,9-10H2,1-2H3,(H,30,33)/t11-,13-,16+/m0/s1. The maximum atomic E-state index is 14.0. The zero-order valence-electron chi connectivity index (χ0n) is 19.9. The van der Waals surface area contributed by atoms with Crippen LogP contribution in [0.5, 0.6) is 0 Å². The first kappa shape index (κ1) is 26.1. The summed E-state index contributed by atoms with van der Waals surface area (Å²) in [5.74, 6) is -0.971. The molecular weight excluding hydrogens is 549 g/mol. The predicted octanol–water partition coefficient (Wildman–Crippen LogP) is 6.87. The number of thiophene rings is 2. The fraction of sp³-hybridized carbons (Fsp3) is 0.458. The number of nitrogens with zero attached hydrogens (tertiary/aromatic N) is 2. The molecule has 0 bridgehead atoms. The third kappa shape index (κ3) is 4.86. The van der Waals surface area contributed by atoms with Gasteiger partial charge in [0.15, 0.2) is 11.7 Å². The van der Waals surface area contributed by atoms with Crippen molar-refractivity contribution in [2.45, 2.75) is 57.8 Å². The van der Waals surface area contributed by atoms with Gasteiger partial charge in [-0.2, -0.15) is 18.3 Å². The van der Waals surface area contributed by atoms with Crippen molar-refractivity contribution >= 4 is 57.0 Å². The minimum absolute atomic E-state index is 0.0660. The molecule has 0 radical (unpaired) electrons. The third-order valence-corrected chi connectivity index (χ3v) is 9.13. The molecule has 198 valence electrons. The monoisotopic (exact) mass is 572 g/mol. The second-order valence-corrected chi connectivity index (χ2v) is 11.7. The van der Waals surface area contributed by atoms with E-state index < -0.39 is 30.1 Å². The zero-order valence-corrected chi connectivity index (χ0v) is 22.3. The summed E-state index contributed by atoms with van der Waals surface area (Å²) in [6.45, 7) is 3.98. The number of hydrogen-bond donors (Lipinski definition) is 2. The van der Waals surface area contributed by atoms with Crippen LogP contribution < -0.4 is 10.6 Å². The van der Waals surface area contributed by atoms with Gasteiger partial charge >= 0.3 is 12.1 Å². The first-order valence-corrected chi connectivity index (χ1v) is 13.9. The van der Waals surface area contributed by atoms with Gasteiger partial charge in [-0.05, 0) is 49.1 Å². The number of nitrogens with one attached hydrogen (secondary N) is 2. The zero-order chi connectivity index (χ0) is 26.5. The Labute approximate surface area is 224 Å². The number of anilines is 2. The molecule has 3 aromatic rings. The smallest absolute Gasteiger partial charge is 0.410 e. The van der Waals surface area contributed by atoms with Crippen molar-refractivity contribution in [1.29, 1.82) is 0 Å². The molecule has 0 saturated carbocycles. The molecule has 7 nitrogen and oxygen atoms in total. The Bertz CT molecular complexity index is 1340. The van der Waals surface area contributed by atoms with Crippen LogP contribution in [0.3, 0.4) is 0 Å². The fourth-order valence-electron chi connectivity index (χ4n) is 4.83. The van der Waals surface area contributed by atoms with Crippen LogP contribution >= 0.6 is 34.3 Å². The molecule has 13 heteroatoms. The first-order chi connectivity index (χ1) is 17.6. The molecule has 0 saturated heterocycles. The topological polar surface area (TPSA) is 85.2 Å². The van der Waals surface area contributed by atoms with Gasteiger partial charge < -0.3 is 15.4 Å². The Morgan fingerprint density at radius 2 is 2.16 bits per heavy atom. The summed E-state index contributed by atoms with van der Waals surface area (Å²) in [6.07, 6.45) is -2.55. The lowest BCUT2D eigenvalue weighted by molar-refractivity contribution is -0.173. The number of halogens is 4. The summed E-state index contributed by atoms with van der Waals surface area (Å²) in [6, 6.07) is 0.921. The van der Waals surface area contributed by atoms with Crippen LogP contribution in [-0.4, -0.2) is 34.4 Å². The van der Waals surface area contributed by atoms with Gasteiger partial charge in [-0.1, -0.05) is 24.6 Å². The summed E-state index contributed by atoms with van der Waals surface area (Å²) >= 11 is 9.08.